The second-order valence-corrected chi connectivity index (χ2v) is 6.75. The maximum atomic E-state index is 4.37. The van der Waals surface area contributed by atoms with E-state index < -0.39 is 0 Å². The highest BCUT2D eigenvalue weighted by Crippen LogP contribution is 2.29. The number of aromatic nitrogens is 1. The molecule has 18 heavy (non-hydrogen) atoms. The minimum Gasteiger partial charge on any atom is -0.368 e. The van der Waals surface area contributed by atoms with Crippen molar-refractivity contribution < 1.29 is 0 Å². The number of hydrogen-bond donors (Lipinski definition) is 1. The van der Waals surface area contributed by atoms with Crippen LogP contribution in [0.25, 0.3) is 0 Å². The van der Waals surface area contributed by atoms with E-state index in [0.29, 0.717) is 0 Å². The second kappa shape index (κ2) is 5.41. The molecule has 4 heteroatoms. The van der Waals surface area contributed by atoms with Crippen molar-refractivity contribution in [3.8, 4) is 0 Å². The van der Waals surface area contributed by atoms with E-state index in [1.165, 1.54) is 10.4 Å². The van der Waals surface area contributed by atoms with Crippen LogP contribution < -0.4 is 5.32 Å². The average Bonchev–Trinajstić information content (AvgIpc) is 2.85. The molecule has 2 nitrogen and oxygen atoms in total. The molecule has 0 saturated carbocycles. The molecule has 0 aliphatic carbocycles. The molecule has 2 heterocycles. The van der Waals surface area contributed by atoms with Crippen molar-refractivity contribution in [2.45, 2.75) is 26.2 Å². The number of aryl methyl sites for hydroxylation is 1. The van der Waals surface area contributed by atoms with E-state index in [1.807, 2.05) is 12.3 Å². The van der Waals surface area contributed by atoms with Crippen molar-refractivity contribution in [1.82, 2.24) is 4.98 Å². The summed E-state index contributed by atoms with van der Waals surface area (Å²) < 4.78 is 1.05. The minimum absolute atomic E-state index is 0.110. The Hall–Kier alpha value is -0.870. The molecule has 1 N–H and O–H groups in total. The Morgan fingerprint density at radius 1 is 1.39 bits per heavy atom. The van der Waals surface area contributed by atoms with Crippen LogP contribution in [0.5, 0.6) is 0 Å². The number of nitrogens with one attached hydrogen (secondary N) is 1. The molecule has 0 fully saturated rings. The molecule has 96 valence electrons. The van der Waals surface area contributed by atoms with Gasteiger partial charge >= 0.3 is 0 Å². The molecular weight excluding hydrogens is 308 g/mol. The van der Waals surface area contributed by atoms with Gasteiger partial charge in [0.1, 0.15) is 5.82 Å². The zero-order valence-electron chi connectivity index (χ0n) is 10.8. The van der Waals surface area contributed by atoms with Crippen molar-refractivity contribution in [2.24, 2.45) is 0 Å². The molecule has 0 bridgehead atoms. The van der Waals surface area contributed by atoms with Crippen molar-refractivity contribution >= 4 is 33.1 Å². The van der Waals surface area contributed by atoms with Gasteiger partial charge in [-0.25, -0.2) is 4.98 Å². The molecule has 0 radical (unpaired) electrons. The Kier molecular flexibility index (Phi) is 4.07. The molecule has 0 aromatic carbocycles. The largest absolute Gasteiger partial charge is 0.368 e. The second-order valence-electron chi connectivity index (χ2n) is 5.01. The Morgan fingerprint density at radius 3 is 2.83 bits per heavy atom. The van der Waals surface area contributed by atoms with Crippen LogP contribution in [0, 0.1) is 6.92 Å². The predicted molar refractivity (Wildman–Crippen MR) is 82.5 cm³/mol. The zero-order chi connectivity index (χ0) is 13.2. The molecule has 0 atom stereocenters. The normalized spacial score (nSPS) is 11.6. The van der Waals surface area contributed by atoms with Gasteiger partial charge in [0.05, 0.1) is 4.47 Å². The smallest absolute Gasteiger partial charge is 0.140 e. The van der Waals surface area contributed by atoms with Gasteiger partial charge in [-0.3, -0.25) is 0 Å². The van der Waals surface area contributed by atoms with Crippen LogP contribution in [0.4, 0.5) is 5.82 Å². The van der Waals surface area contributed by atoms with Gasteiger partial charge in [0.15, 0.2) is 0 Å². The third-order valence-electron chi connectivity index (χ3n) is 2.97. The van der Waals surface area contributed by atoms with Crippen molar-refractivity contribution in [1.29, 1.82) is 0 Å². The predicted octanol–water partition coefficient (Wildman–Crippen LogP) is 4.60. The van der Waals surface area contributed by atoms with Gasteiger partial charge < -0.3 is 5.32 Å². The first-order valence-corrected chi connectivity index (χ1v) is 7.57. The summed E-state index contributed by atoms with van der Waals surface area (Å²) in [4.78, 5) is 5.76. The fourth-order valence-electron chi connectivity index (χ4n) is 1.72. The number of anilines is 1. The molecule has 0 aliphatic rings. The summed E-state index contributed by atoms with van der Waals surface area (Å²) in [5, 5.41) is 5.55. The van der Waals surface area contributed by atoms with Crippen LogP contribution in [-0.4, -0.2) is 11.5 Å². The molecule has 2 rings (SSSR count). The number of thiophene rings is 1. The average molecular weight is 325 g/mol. The van der Waals surface area contributed by atoms with Gasteiger partial charge in [0.2, 0.25) is 0 Å². The number of pyridine rings is 1. The lowest BCUT2D eigenvalue weighted by Crippen LogP contribution is -2.27. The van der Waals surface area contributed by atoms with Gasteiger partial charge in [-0.1, -0.05) is 19.9 Å². The van der Waals surface area contributed by atoms with Crippen molar-refractivity contribution in [3.63, 3.8) is 0 Å². The molecular formula is C14H17BrN2S. The number of nitrogens with zero attached hydrogens (tertiary/aromatic N) is 1. The fourth-order valence-corrected chi connectivity index (χ4v) is 2.95. The van der Waals surface area contributed by atoms with Gasteiger partial charge in [0, 0.05) is 23.0 Å². The van der Waals surface area contributed by atoms with E-state index in [9.17, 15) is 0 Å². The maximum Gasteiger partial charge on any atom is 0.140 e. The zero-order valence-corrected chi connectivity index (χ0v) is 13.2. The Morgan fingerprint density at radius 2 is 2.17 bits per heavy atom. The summed E-state index contributed by atoms with van der Waals surface area (Å²) in [5.74, 6) is 0.916. The topological polar surface area (TPSA) is 24.9 Å². The standard InChI is InChI=1S/C14H17BrN2S/c1-10-6-7-16-13(12(10)15)17-9-14(2,3)11-5-4-8-18-11/h4-8H,9H2,1-3H3,(H,16,17). The van der Waals surface area contributed by atoms with E-state index in [4.69, 9.17) is 0 Å². The summed E-state index contributed by atoms with van der Waals surface area (Å²) in [7, 11) is 0. The monoisotopic (exact) mass is 324 g/mol. The van der Waals surface area contributed by atoms with Gasteiger partial charge in [-0.15, -0.1) is 11.3 Å². The number of hydrogen-bond acceptors (Lipinski definition) is 3. The first-order chi connectivity index (χ1) is 8.50. The third-order valence-corrected chi connectivity index (χ3v) is 5.21. The van der Waals surface area contributed by atoms with Crippen LogP contribution in [0.1, 0.15) is 24.3 Å². The first-order valence-electron chi connectivity index (χ1n) is 5.90. The van der Waals surface area contributed by atoms with Gasteiger partial charge in [-0.05, 0) is 45.9 Å². The highest BCUT2D eigenvalue weighted by atomic mass is 79.9. The van der Waals surface area contributed by atoms with E-state index in [0.717, 1.165) is 16.8 Å². The van der Waals surface area contributed by atoms with E-state index >= 15 is 0 Å². The highest BCUT2D eigenvalue weighted by molar-refractivity contribution is 9.10. The van der Waals surface area contributed by atoms with E-state index in [-0.39, 0.29) is 5.41 Å². The number of rotatable bonds is 4. The summed E-state index contributed by atoms with van der Waals surface area (Å²) in [6.45, 7) is 7.43. The highest BCUT2D eigenvalue weighted by Gasteiger charge is 2.22. The summed E-state index contributed by atoms with van der Waals surface area (Å²) in [6.07, 6.45) is 1.83. The maximum absolute atomic E-state index is 4.37. The van der Waals surface area contributed by atoms with Crippen molar-refractivity contribution in [2.75, 3.05) is 11.9 Å². The Balaban J connectivity index is 2.10. The van der Waals surface area contributed by atoms with Crippen LogP contribution in [0.3, 0.4) is 0 Å². The third kappa shape index (κ3) is 2.93. The van der Waals surface area contributed by atoms with E-state index in [2.05, 4.69) is 64.5 Å². The van der Waals surface area contributed by atoms with Gasteiger partial charge in [0.25, 0.3) is 0 Å². The quantitative estimate of drug-likeness (QED) is 0.888. The Bertz CT molecular complexity index is 521. The van der Waals surface area contributed by atoms with Crippen molar-refractivity contribution in [3.05, 3.63) is 44.7 Å². The molecule has 0 amide bonds. The Labute approximate surface area is 121 Å². The molecule has 0 aliphatic heterocycles. The number of halogens is 1. The lowest BCUT2D eigenvalue weighted by atomic mass is 9.91. The summed E-state index contributed by atoms with van der Waals surface area (Å²) in [6, 6.07) is 6.29. The SMILES string of the molecule is Cc1ccnc(NCC(C)(C)c2cccs2)c1Br. The van der Waals surface area contributed by atoms with Crippen LogP contribution in [-0.2, 0) is 5.41 Å². The fraction of sp³-hybridized carbons (Fsp3) is 0.357. The molecule has 2 aromatic heterocycles. The van der Waals surface area contributed by atoms with Gasteiger partial charge in [-0.2, -0.15) is 0 Å². The summed E-state index contributed by atoms with van der Waals surface area (Å²) in [5.41, 5.74) is 1.31. The lowest BCUT2D eigenvalue weighted by molar-refractivity contribution is 0.568. The van der Waals surface area contributed by atoms with Crippen LogP contribution in [0.2, 0.25) is 0 Å². The molecule has 0 spiro atoms. The first kappa shape index (κ1) is 13.6. The molecule has 2 aromatic rings. The molecule has 0 saturated heterocycles. The summed E-state index contributed by atoms with van der Waals surface area (Å²) >= 11 is 5.37. The minimum atomic E-state index is 0.110. The molecule has 0 unspecified atom stereocenters. The van der Waals surface area contributed by atoms with Crippen LogP contribution >= 0.6 is 27.3 Å². The van der Waals surface area contributed by atoms with E-state index in [1.54, 1.807) is 11.3 Å². The lowest BCUT2D eigenvalue weighted by Gasteiger charge is -2.24. The van der Waals surface area contributed by atoms with Crippen LogP contribution in [0.15, 0.2) is 34.2 Å².